The number of carbonyl (C=O) groups is 1. The van der Waals surface area contributed by atoms with Crippen LogP contribution in [-0.4, -0.2) is 49.3 Å². The number of rotatable bonds is 6. The molecule has 0 radical (unpaired) electrons. The number of hydrogen-bond acceptors (Lipinski definition) is 4. The maximum absolute atomic E-state index is 12.3. The van der Waals surface area contributed by atoms with Crippen LogP contribution in [0.25, 0.3) is 0 Å². The number of phenolic OH excluding ortho intramolecular Hbond substituents is 1. The van der Waals surface area contributed by atoms with E-state index in [1.54, 1.807) is 18.2 Å². The van der Waals surface area contributed by atoms with E-state index in [9.17, 15) is 9.90 Å². The third-order valence-electron chi connectivity index (χ3n) is 3.80. The van der Waals surface area contributed by atoms with Crippen LogP contribution in [-0.2, 0) is 16.0 Å². The number of nitrogens with zero attached hydrogens (tertiary/aromatic N) is 1. The van der Waals surface area contributed by atoms with E-state index < -0.39 is 0 Å². The summed E-state index contributed by atoms with van der Waals surface area (Å²) in [7, 11) is 1.50. The largest absolute Gasteiger partial charge is 0.504 e. The molecule has 116 valence electrons. The maximum atomic E-state index is 12.3. The Morgan fingerprint density at radius 1 is 1.48 bits per heavy atom. The Morgan fingerprint density at radius 3 is 3.00 bits per heavy atom. The summed E-state index contributed by atoms with van der Waals surface area (Å²) in [6, 6.07) is 5.02. The molecule has 0 saturated carbocycles. The molecule has 21 heavy (non-hydrogen) atoms. The van der Waals surface area contributed by atoms with Crippen LogP contribution < -0.4 is 4.74 Å². The van der Waals surface area contributed by atoms with Gasteiger partial charge >= 0.3 is 0 Å². The molecule has 1 atom stereocenters. The minimum Gasteiger partial charge on any atom is -0.504 e. The molecule has 5 nitrogen and oxygen atoms in total. The molecule has 1 aromatic carbocycles. The van der Waals surface area contributed by atoms with E-state index in [4.69, 9.17) is 9.47 Å². The molecular formula is C16H23NO4. The van der Waals surface area contributed by atoms with Crippen molar-refractivity contribution in [2.24, 2.45) is 5.92 Å². The molecule has 1 aromatic rings. The zero-order valence-electron chi connectivity index (χ0n) is 12.7. The number of ether oxygens (including phenoxy) is 2. The zero-order valence-corrected chi connectivity index (χ0v) is 12.7. The summed E-state index contributed by atoms with van der Waals surface area (Å²) in [5.41, 5.74) is 0.850. The average Bonchev–Trinajstić information content (AvgIpc) is 2.96. The van der Waals surface area contributed by atoms with Gasteiger partial charge in [0, 0.05) is 25.6 Å². The van der Waals surface area contributed by atoms with Gasteiger partial charge in [-0.1, -0.05) is 6.07 Å². The molecule has 0 aromatic heterocycles. The second-order valence-electron chi connectivity index (χ2n) is 5.34. The summed E-state index contributed by atoms with van der Waals surface area (Å²) < 4.78 is 10.5. The van der Waals surface area contributed by atoms with Gasteiger partial charge < -0.3 is 19.5 Å². The number of phenols is 1. The van der Waals surface area contributed by atoms with Gasteiger partial charge in [0.2, 0.25) is 5.91 Å². The highest BCUT2D eigenvalue weighted by atomic mass is 16.5. The molecule has 2 rings (SSSR count). The fourth-order valence-corrected chi connectivity index (χ4v) is 2.60. The molecule has 1 N–H and O–H groups in total. The standard InChI is InChI=1S/C16H23NO4/c1-3-21-11-13-6-7-17(10-13)16(19)9-12-4-5-14(18)15(8-12)20-2/h4-5,8,13,18H,3,6-7,9-11H2,1-2H3/t13-/m1/s1. The number of methoxy groups -OCH3 is 1. The first-order valence-electron chi connectivity index (χ1n) is 7.35. The van der Waals surface area contributed by atoms with Crippen molar-refractivity contribution >= 4 is 5.91 Å². The quantitative estimate of drug-likeness (QED) is 0.869. The third-order valence-corrected chi connectivity index (χ3v) is 3.80. The Bertz CT molecular complexity index is 489. The topological polar surface area (TPSA) is 59.0 Å². The van der Waals surface area contributed by atoms with E-state index in [0.29, 0.717) is 18.1 Å². The Morgan fingerprint density at radius 2 is 2.29 bits per heavy atom. The lowest BCUT2D eigenvalue weighted by Crippen LogP contribution is -2.30. The Balaban J connectivity index is 1.90. The first kappa shape index (κ1) is 15.6. The number of benzene rings is 1. The summed E-state index contributed by atoms with van der Waals surface area (Å²) in [5, 5.41) is 9.56. The number of amides is 1. The first-order chi connectivity index (χ1) is 10.1. The second-order valence-corrected chi connectivity index (χ2v) is 5.34. The van der Waals surface area contributed by atoms with Crippen LogP contribution in [0.4, 0.5) is 0 Å². The van der Waals surface area contributed by atoms with E-state index in [1.165, 1.54) is 7.11 Å². The van der Waals surface area contributed by atoms with Gasteiger partial charge in [0.25, 0.3) is 0 Å². The van der Waals surface area contributed by atoms with Crippen LogP contribution in [0, 0.1) is 5.92 Å². The van der Waals surface area contributed by atoms with Crippen molar-refractivity contribution in [3.63, 3.8) is 0 Å². The lowest BCUT2D eigenvalue weighted by Gasteiger charge is -2.17. The van der Waals surface area contributed by atoms with Crippen LogP contribution >= 0.6 is 0 Å². The Hall–Kier alpha value is -1.75. The van der Waals surface area contributed by atoms with Crippen LogP contribution in [0.3, 0.4) is 0 Å². The molecule has 1 aliphatic rings. The van der Waals surface area contributed by atoms with Crippen molar-refractivity contribution in [3.8, 4) is 11.5 Å². The molecule has 1 heterocycles. The highest BCUT2D eigenvalue weighted by Gasteiger charge is 2.26. The molecule has 0 aliphatic carbocycles. The van der Waals surface area contributed by atoms with Gasteiger partial charge in [-0.05, 0) is 31.0 Å². The minimum atomic E-state index is 0.0895. The number of carbonyl (C=O) groups excluding carboxylic acids is 1. The van der Waals surface area contributed by atoms with Gasteiger partial charge in [-0.3, -0.25) is 4.79 Å². The molecule has 1 amide bonds. The van der Waals surface area contributed by atoms with E-state index in [2.05, 4.69) is 0 Å². The van der Waals surface area contributed by atoms with Gasteiger partial charge in [0.05, 0.1) is 20.1 Å². The first-order valence-corrected chi connectivity index (χ1v) is 7.35. The molecule has 0 spiro atoms. The van der Waals surface area contributed by atoms with Crippen LogP contribution in [0.15, 0.2) is 18.2 Å². The SMILES string of the molecule is CCOC[C@@H]1CCN(C(=O)Cc2ccc(O)c(OC)c2)C1. The summed E-state index contributed by atoms with van der Waals surface area (Å²) in [4.78, 5) is 14.2. The maximum Gasteiger partial charge on any atom is 0.227 e. The van der Waals surface area contributed by atoms with Crippen LogP contribution in [0.2, 0.25) is 0 Å². The van der Waals surface area contributed by atoms with Crippen LogP contribution in [0.1, 0.15) is 18.9 Å². The fourth-order valence-electron chi connectivity index (χ4n) is 2.60. The van der Waals surface area contributed by atoms with Gasteiger partial charge in [-0.15, -0.1) is 0 Å². The van der Waals surface area contributed by atoms with Crippen molar-refractivity contribution in [1.82, 2.24) is 4.90 Å². The van der Waals surface area contributed by atoms with Crippen molar-refractivity contribution in [2.45, 2.75) is 19.8 Å². The molecule has 1 saturated heterocycles. The molecular weight excluding hydrogens is 270 g/mol. The average molecular weight is 293 g/mol. The fraction of sp³-hybridized carbons (Fsp3) is 0.562. The highest BCUT2D eigenvalue weighted by Crippen LogP contribution is 2.27. The molecule has 1 fully saturated rings. The highest BCUT2D eigenvalue weighted by molar-refractivity contribution is 5.79. The summed E-state index contributed by atoms with van der Waals surface area (Å²) >= 11 is 0. The molecule has 5 heteroatoms. The van der Waals surface area contributed by atoms with Gasteiger partial charge in [0.15, 0.2) is 11.5 Å². The van der Waals surface area contributed by atoms with E-state index in [0.717, 1.165) is 38.3 Å². The lowest BCUT2D eigenvalue weighted by atomic mass is 10.1. The number of aromatic hydroxyl groups is 1. The smallest absolute Gasteiger partial charge is 0.227 e. The third kappa shape index (κ3) is 4.11. The number of likely N-dealkylation sites (tertiary alicyclic amines) is 1. The minimum absolute atomic E-state index is 0.0895. The van der Waals surface area contributed by atoms with E-state index in [-0.39, 0.29) is 11.7 Å². The lowest BCUT2D eigenvalue weighted by molar-refractivity contribution is -0.129. The van der Waals surface area contributed by atoms with Crippen LogP contribution in [0.5, 0.6) is 11.5 Å². The summed E-state index contributed by atoms with van der Waals surface area (Å²) in [6.07, 6.45) is 1.34. The summed E-state index contributed by atoms with van der Waals surface area (Å²) in [6.45, 7) is 5.00. The second kappa shape index (κ2) is 7.31. The van der Waals surface area contributed by atoms with Crippen molar-refractivity contribution < 1.29 is 19.4 Å². The predicted octanol–water partition coefficient (Wildman–Crippen LogP) is 1.83. The molecule has 0 unspecified atom stereocenters. The Kier molecular flexibility index (Phi) is 5.44. The normalized spacial score (nSPS) is 18.0. The predicted molar refractivity (Wildman–Crippen MR) is 79.5 cm³/mol. The molecule has 1 aliphatic heterocycles. The van der Waals surface area contributed by atoms with Crippen molar-refractivity contribution in [3.05, 3.63) is 23.8 Å². The van der Waals surface area contributed by atoms with E-state index >= 15 is 0 Å². The van der Waals surface area contributed by atoms with E-state index in [1.807, 2.05) is 11.8 Å². The monoisotopic (exact) mass is 293 g/mol. The Labute approximate surface area is 125 Å². The summed E-state index contributed by atoms with van der Waals surface area (Å²) in [5.74, 6) is 1.05. The van der Waals surface area contributed by atoms with Crippen molar-refractivity contribution in [2.75, 3.05) is 33.4 Å². The van der Waals surface area contributed by atoms with Crippen molar-refractivity contribution in [1.29, 1.82) is 0 Å². The van der Waals surface area contributed by atoms with Gasteiger partial charge in [-0.2, -0.15) is 0 Å². The van der Waals surface area contributed by atoms with Gasteiger partial charge in [0.1, 0.15) is 0 Å². The molecule has 0 bridgehead atoms. The zero-order chi connectivity index (χ0) is 15.2. The number of hydrogen-bond donors (Lipinski definition) is 1. The van der Waals surface area contributed by atoms with Gasteiger partial charge in [-0.25, -0.2) is 0 Å².